The number of likely N-dealkylation sites (N-methyl/N-ethyl adjacent to an activating group) is 1. The largest absolute Gasteiger partial charge is 0.480 e. The zero-order chi connectivity index (χ0) is 18.4. The van der Waals surface area contributed by atoms with Crippen LogP contribution < -0.4 is 10.1 Å². The third-order valence-corrected chi connectivity index (χ3v) is 4.06. The normalized spacial score (nSPS) is 10.2. The van der Waals surface area contributed by atoms with Crippen molar-refractivity contribution in [3.63, 3.8) is 0 Å². The first-order valence-electron chi connectivity index (χ1n) is 7.50. The Morgan fingerprint density at radius 1 is 1.20 bits per heavy atom. The van der Waals surface area contributed by atoms with E-state index in [0.29, 0.717) is 22.3 Å². The molecule has 2 rings (SSSR count). The summed E-state index contributed by atoms with van der Waals surface area (Å²) in [6.07, 6.45) is 1.53. The number of anilines is 1. The van der Waals surface area contributed by atoms with Gasteiger partial charge in [-0.25, -0.2) is 4.98 Å². The SMILES string of the molecule is CCN(CC(=O)Nc1c(Cl)cccc1Cl)C(=O)c1cccnc1OC. The van der Waals surface area contributed by atoms with E-state index in [4.69, 9.17) is 27.9 Å². The van der Waals surface area contributed by atoms with Gasteiger partial charge in [0.25, 0.3) is 5.91 Å². The average Bonchev–Trinajstić information content (AvgIpc) is 2.62. The Labute approximate surface area is 155 Å². The highest BCUT2D eigenvalue weighted by Crippen LogP contribution is 2.29. The summed E-state index contributed by atoms with van der Waals surface area (Å²) in [5.41, 5.74) is 0.605. The molecule has 8 heteroatoms. The number of rotatable bonds is 6. The Balaban J connectivity index is 2.13. The number of nitrogens with one attached hydrogen (secondary N) is 1. The van der Waals surface area contributed by atoms with Crippen molar-refractivity contribution >= 4 is 40.7 Å². The number of halogens is 2. The van der Waals surface area contributed by atoms with Crippen molar-refractivity contribution in [2.45, 2.75) is 6.92 Å². The molecule has 0 saturated heterocycles. The van der Waals surface area contributed by atoms with Gasteiger partial charge in [0.2, 0.25) is 11.8 Å². The summed E-state index contributed by atoms with van der Waals surface area (Å²) >= 11 is 12.1. The molecule has 0 aliphatic carbocycles. The molecule has 25 heavy (non-hydrogen) atoms. The fraction of sp³-hybridized carbons (Fsp3) is 0.235. The topological polar surface area (TPSA) is 71.5 Å². The zero-order valence-electron chi connectivity index (χ0n) is 13.8. The van der Waals surface area contributed by atoms with Crippen molar-refractivity contribution in [1.82, 2.24) is 9.88 Å². The Morgan fingerprint density at radius 3 is 2.48 bits per heavy atom. The standard InChI is InChI=1S/C17H17Cl2N3O3/c1-3-22(17(24)11-6-5-9-20-16(11)25-2)10-14(23)21-15-12(18)7-4-8-13(15)19/h4-9H,3,10H2,1-2H3,(H,21,23). The van der Waals surface area contributed by atoms with Gasteiger partial charge in [-0.2, -0.15) is 0 Å². The first kappa shape index (κ1) is 19.0. The summed E-state index contributed by atoms with van der Waals surface area (Å²) in [5, 5.41) is 3.28. The van der Waals surface area contributed by atoms with Gasteiger partial charge in [-0.3, -0.25) is 9.59 Å². The quantitative estimate of drug-likeness (QED) is 0.830. The monoisotopic (exact) mass is 381 g/mol. The van der Waals surface area contributed by atoms with Crippen molar-refractivity contribution in [3.05, 3.63) is 52.1 Å². The molecule has 1 heterocycles. The Morgan fingerprint density at radius 2 is 1.88 bits per heavy atom. The van der Waals surface area contributed by atoms with E-state index < -0.39 is 5.91 Å². The van der Waals surface area contributed by atoms with Crippen LogP contribution in [-0.2, 0) is 4.79 Å². The molecule has 0 unspecified atom stereocenters. The second-order valence-electron chi connectivity index (χ2n) is 5.02. The lowest BCUT2D eigenvalue weighted by molar-refractivity contribution is -0.116. The first-order chi connectivity index (χ1) is 12.0. The number of methoxy groups -OCH3 is 1. The van der Waals surface area contributed by atoms with E-state index in [-0.39, 0.29) is 23.9 Å². The molecule has 2 aromatic rings. The van der Waals surface area contributed by atoms with Gasteiger partial charge in [0.1, 0.15) is 12.1 Å². The van der Waals surface area contributed by atoms with Crippen LogP contribution >= 0.6 is 23.2 Å². The average molecular weight is 382 g/mol. The van der Waals surface area contributed by atoms with E-state index in [2.05, 4.69) is 10.3 Å². The van der Waals surface area contributed by atoms with Crippen LogP contribution in [0.3, 0.4) is 0 Å². The van der Waals surface area contributed by atoms with E-state index >= 15 is 0 Å². The molecule has 0 spiro atoms. The van der Waals surface area contributed by atoms with E-state index in [1.807, 2.05) is 0 Å². The zero-order valence-corrected chi connectivity index (χ0v) is 15.3. The fourth-order valence-electron chi connectivity index (χ4n) is 2.18. The second kappa shape index (κ2) is 8.69. The van der Waals surface area contributed by atoms with Crippen molar-refractivity contribution in [1.29, 1.82) is 0 Å². The molecule has 0 bridgehead atoms. The number of nitrogens with zero attached hydrogens (tertiary/aromatic N) is 2. The predicted octanol–water partition coefficient (Wildman–Crippen LogP) is 3.50. The lowest BCUT2D eigenvalue weighted by atomic mass is 10.2. The molecule has 0 aliphatic heterocycles. The lowest BCUT2D eigenvalue weighted by Gasteiger charge is -2.21. The summed E-state index contributed by atoms with van der Waals surface area (Å²) in [4.78, 5) is 30.3. The van der Waals surface area contributed by atoms with Crippen LogP contribution in [0.4, 0.5) is 5.69 Å². The molecule has 1 aromatic carbocycles. The van der Waals surface area contributed by atoms with E-state index in [1.54, 1.807) is 37.3 Å². The number of hydrogen-bond donors (Lipinski definition) is 1. The number of pyridine rings is 1. The molecular formula is C17H17Cl2N3O3. The second-order valence-corrected chi connectivity index (χ2v) is 5.84. The van der Waals surface area contributed by atoms with Crippen molar-refractivity contribution in [2.24, 2.45) is 0 Å². The molecule has 0 radical (unpaired) electrons. The van der Waals surface area contributed by atoms with Crippen LogP contribution in [0.25, 0.3) is 0 Å². The Bertz CT molecular complexity index is 763. The number of benzene rings is 1. The summed E-state index contributed by atoms with van der Waals surface area (Å²) in [6, 6.07) is 8.14. The predicted molar refractivity (Wildman–Crippen MR) is 97.5 cm³/mol. The maximum atomic E-state index is 12.7. The number of hydrogen-bond acceptors (Lipinski definition) is 4. The number of carbonyl (C=O) groups excluding carboxylic acids is 2. The van der Waals surface area contributed by atoms with Gasteiger partial charge in [-0.15, -0.1) is 0 Å². The van der Waals surface area contributed by atoms with Crippen LogP contribution in [0.1, 0.15) is 17.3 Å². The number of para-hydroxylation sites is 1. The number of aromatic nitrogens is 1. The Hall–Kier alpha value is -2.31. The minimum Gasteiger partial charge on any atom is -0.480 e. The van der Waals surface area contributed by atoms with Gasteiger partial charge in [-0.05, 0) is 31.2 Å². The minimum absolute atomic E-state index is 0.158. The van der Waals surface area contributed by atoms with Crippen LogP contribution in [0.2, 0.25) is 10.0 Å². The molecule has 0 atom stereocenters. The smallest absolute Gasteiger partial charge is 0.259 e. The van der Waals surface area contributed by atoms with Gasteiger partial charge in [-0.1, -0.05) is 29.3 Å². The van der Waals surface area contributed by atoms with Gasteiger partial charge >= 0.3 is 0 Å². The molecule has 0 fully saturated rings. The van der Waals surface area contributed by atoms with Gasteiger partial charge in [0.05, 0.1) is 22.8 Å². The molecule has 1 N–H and O–H groups in total. The maximum Gasteiger partial charge on any atom is 0.259 e. The third-order valence-electron chi connectivity index (χ3n) is 3.43. The van der Waals surface area contributed by atoms with Crippen molar-refractivity contribution in [2.75, 3.05) is 25.5 Å². The summed E-state index contributed by atoms with van der Waals surface area (Å²) < 4.78 is 5.10. The molecular weight excluding hydrogens is 365 g/mol. The highest BCUT2D eigenvalue weighted by Gasteiger charge is 2.22. The van der Waals surface area contributed by atoms with Crippen molar-refractivity contribution < 1.29 is 14.3 Å². The lowest BCUT2D eigenvalue weighted by Crippen LogP contribution is -2.38. The molecule has 1 aromatic heterocycles. The highest BCUT2D eigenvalue weighted by molar-refractivity contribution is 6.39. The minimum atomic E-state index is -0.409. The molecule has 2 amide bonds. The maximum absolute atomic E-state index is 12.7. The van der Waals surface area contributed by atoms with E-state index in [1.165, 1.54) is 18.2 Å². The summed E-state index contributed by atoms with van der Waals surface area (Å²) in [7, 11) is 1.43. The van der Waals surface area contributed by atoms with E-state index in [0.717, 1.165) is 0 Å². The summed E-state index contributed by atoms with van der Waals surface area (Å²) in [6.45, 7) is 1.95. The van der Waals surface area contributed by atoms with Crippen LogP contribution in [0.15, 0.2) is 36.5 Å². The fourth-order valence-corrected chi connectivity index (χ4v) is 2.68. The van der Waals surface area contributed by atoms with Crippen LogP contribution in [0.5, 0.6) is 5.88 Å². The van der Waals surface area contributed by atoms with Gasteiger partial charge < -0.3 is 15.0 Å². The van der Waals surface area contributed by atoms with Gasteiger partial charge in [0, 0.05) is 12.7 Å². The number of ether oxygens (including phenoxy) is 1. The van der Waals surface area contributed by atoms with Crippen molar-refractivity contribution in [3.8, 4) is 5.88 Å². The number of carbonyl (C=O) groups is 2. The van der Waals surface area contributed by atoms with Crippen LogP contribution in [0, 0.1) is 0 Å². The molecule has 132 valence electrons. The Kier molecular flexibility index (Phi) is 6.61. The molecule has 0 saturated carbocycles. The van der Waals surface area contributed by atoms with E-state index in [9.17, 15) is 9.59 Å². The molecule has 0 aliphatic rings. The van der Waals surface area contributed by atoms with Gasteiger partial charge in [0.15, 0.2) is 0 Å². The molecule has 6 nitrogen and oxygen atoms in total. The third kappa shape index (κ3) is 4.61. The highest BCUT2D eigenvalue weighted by atomic mass is 35.5. The van der Waals surface area contributed by atoms with Crippen LogP contribution in [-0.4, -0.2) is 41.9 Å². The number of amides is 2. The first-order valence-corrected chi connectivity index (χ1v) is 8.25. The summed E-state index contributed by atoms with van der Waals surface area (Å²) in [5.74, 6) is -0.554.